The van der Waals surface area contributed by atoms with Gasteiger partial charge in [-0.05, 0) is 48.9 Å². The van der Waals surface area contributed by atoms with Crippen LogP contribution in [-0.2, 0) is 14.4 Å². The van der Waals surface area contributed by atoms with Crippen LogP contribution in [0.3, 0.4) is 0 Å². The Balaban J connectivity index is 1.66. The van der Waals surface area contributed by atoms with Gasteiger partial charge in [-0.3, -0.25) is 19.2 Å². The normalized spacial score (nSPS) is 11.4. The van der Waals surface area contributed by atoms with Gasteiger partial charge < -0.3 is 26.2 Å². The fourth-order valence-corrected chi connectivity index (χ4v) is 5.17. The number of aromatic carboxylic acids is 1. The SMILES string of the molecule is CCCCCCCCCCCCCCCCCC(=O)Nc1ccc(C(=O)N[C@H](CC(=O)O)C(=O)Nc2cccc(C(=O)O)c2)cc1. The van der Waals surface area contributed by atoms with Crippen molar-refractivity contribution in [3.05, 3.63) is 59.7 Å². The molecule has 0 fully saturated rings. The zero-order chi connectivity index (χ0) is 33.6. The van der Waals surface area contributed by atoms with E-state index in [9.17, 15) is 29.1 Å². The third-order valence-electron chi connectivity index (χ3n) is 7.82. The Hall–Kier alpha value is -4.21. The summed E-state index contributed by atoms with van der Waals surface area (Å²) >= 11 is 0. The van der Waals surface area contributed by atoms with Crippen molar-refractivity contribution in [3.8, 4) is 0 Å². The van der Waals surface area contributed by atoms with Gasteiger partial charge in [-0.2, -0.15) is 0 Å². The number of nitrogens with one attached hydrogen (secondary N) is 3. The van der Waals surface area contributed by atoms with Crippen molar-refractivity contribution in [2.75, 3.05) is 10.6 Å². The van der Waals surface area contributed by atoms with Gasteiger partial charge in [-0.1, -0.05) is 103 Å². The van der Waals surface area contributed by atoms with Crippen molar-refractivity contribution in [1.29, 1.82) is 0 Å². The minimum Gasteiger partial charge on any atom is -0.481 e. The Kier molecular flexibility index (Phi) is 18.4. The average Bonchev–Trinajstić information content (AvgIpc) is 3.02. The second-order valence-electron chi connectivity index (χ2n) is 11.8. The maximum absolute atomic E-state index is 12.8. The van der Waals surface area contributed by atoms with Gasteiger partial charge >= 0.3 is 11.9 Å². The maximum atomic E-state index is 12.8. The lowest BCUT2D eigenvalue weighted by Gasteiger charge is -2.17. The zero-order valence-electron chi connectivity index (χ0n) is 27.2. The van der Waals surface area contributed by atoms with Crippen LogP contribution in [0.25, 0.3) is 0 Å². The molecule has 0 aliphatic carbocycles. The van der Waals surface area contributed by atoms with Crippen molar-refractivity contribution >= 4 is 41.0 Å². The number of hydrogen-bond donors (Lipinski definition) is 5. The van der Waals surface area contributed by atoms with Gasteiger partial charge in [0.2, 0.25) is 11.8 Å². The Morgan fingerprint density at radius 3 is 1.70 bits per heavy atom. The van der Waals surface area contributed by atoms with Crippen LogP contribution in [0.5, 0.6) is 0 Å². The van der Waals surface area contributed by atoms with Gasteiger partial charge in [0.05, 0.1) is 12.0 Å². The van der Waals surface area contributed by atoms with Crippen molar-refractivity contribution < 1.29 is 34.2 Å². The first-order chi connectivity index (χ1) is 22.2. The van der Waals surface area contributed by atoms with Crippen LogP contribution in [0.4, 0.5) is 11.4 Å². The largest absolute Gasteiger partial charge is 0.481 e. The first-order valence-corrected chi connectivity index (χ1v) is 16.8. The van der Waals surface area contributed by atoms with E-state index in [1.165, 1.54) is 113 Å². The van der Waals surface area contributed by atoms with E-state index in [2.05, 4.69) is 22.9 Å². The van der Waals surface area contributed by atoms with Crippen molar-refractivity contribution in [2.24, 2.45) is 0 Å². The summed E-state index contributed by atoms with van der Waals surface area (Å²) in [4.78, 5) is 60.4. The number of carbonyl (C=O) groups excluding carboxylic acids is 3. The molecule has 0 saturated heterocycles. The number of carboxylic acids is 2. The van der Waals surface area contributed by atoms with E-state index in [1.807, 2.05) is 0 Å². The molecular formula is C36H51N3O7. The van der Waals surface area contributed by atoms with E-state index in [0.717, 1.165) is 19.3 Å². The summed E-state index contributed by atoms with van der Waals surface area (Å²) in [5, 5.41) is 26.1. The maximum Gasteiger partial charge on any atom is 0.335 e. The number of unbranched alkanes of at least 4 members (excludes halogenated alkanes) is 14. The fraction of sp³-hybridized carbons (Fsp3) is 0.528. The van der Waals surface area contributed by atoms with Gasteiger partial charge in [0.15, 0.2) is 0 Å². The molecule has 252 valence electrons. The lowest BCUT2D eigenvalue weighted by Crippen LogP contribution is -2.45. The molecule has 0 saturated carbocycles. The molecule has 0 aliphatic heterocycles. The van der Waals surface area contributed by atoms with Crippen LogP contribution in [0.1, 0.15) is 137 Å². The molecule has 0 radical (unpaired) electrons. The number of carboxylic acid groups (broad SMARTS) is 2. The zero-order valence-corrected chi connectivity index (χ0v) is 27.2. The number of benzene rings is 2. The molecule has 0 heterocycles. The predicted octanol–water partition coefficient (Wildman–Crippen LogP) is 7.80. The van der Waals surface area contributed by atoms with Gasteiger partial charge in [0, 0.05) is 23.4 Å². The summed E-state index contributed by atoms with van der Waals surface area (Å²) < 4.78 is 0. The molecule has 46 heavy (non-hydrogen) atoms. The number of amides is 3. The van der Waals surface area contributed by atoms with Crippen molar-refractivity contribution in [3.63, 3.8) is 0 Å². The molecule has 10 nitrogen and oxygen atoms in total. The van der Waals surface area contributed by atoms with E-state index < -0.39 is 36.2 Å². The third kappa shape index (κ3) is 16.2. The number of aliphatic carboxylic acids is 1. The van der Waals surface area contributed by atoms with Crippen molar-refractivity contribution in [2.45, 2.75) is 122 Å². The quantitative estimate of drug-likeness (QED) is 0.0734. The molecule has 0 spiro atoms. The molecule has 2 aromatic carbocycles. The summed E-state index contributed by atoms with van der Waals surface area (Å²) in [5.74, 6) is -4.06. The van der Waals surface area contributed by atoms with E-state index in [0.29, 0.717) is 12.1 Å². The molecule has 0 bridgehead atoms. The van der Waals surface area contributed by atoms with Crippen LogP contribution in [0, 0.1) is 0 Å². The van der Waals surface area contributed by atoms with Crippen LogP contribution >= 0.6 is 0 Å². The first kappa shape index (κ1) is 38.0. The smallest absolute Gasteiger partial charge is 0.335 e. The Bertz CT molecular complexity index is 1250. The van der Waals surface area contributed by atoms with Gasteiger partial charge in [0.1, 0.15) is 6.04 Å². The minimum atomic E-state index is -1.41. The molecule has 5 N–H and O–H groups in total. The highest BCUT2D eigenvalue weighted by Crippen LogP contribution is 2.16. The Morgan fingerprint density at radius 1 is 0.630 bits per heavy atom. The second-order valence-corrected chi connectivity index (χ2v) is 11.8. The Labute approximate surface area is 272 Å². The monoisotopic (exact) mass is 637 g/mol. The van der Waals surface area contributed by atoms with E-state index in [1.54, 1.807) is 12.1 Å². The summed E-state index contributed by atoms with van der Waals surface area (Å²) in [6.07, 6.45) is 18.7. The molecule has 2 aromatic rings. The van der Waals surface area contributed by atoms with Crippen LogP contribution in [0.15, 0.2) is 48.5 Å². The number of hydrogen-bond acceptors (Lipinski definition) is 5. The van der Waals surface area contributed by atoms with Crippen LogP contribution in [0.2, 0.25) is 0 Å². The fourth-order valence-electron chi connectivity index (χ4n) is 5.17. The third-order valence-corrected chi connectivity index (χ3v) is 7.82. The molecular weight excluding hydrogens is 586 g/mol. The molecule has 1 atom stereocenters. The lowest BCUT2D eigenvalue weighted by atomic mass is 10.0. The van der Waals surface area contributed by atoms with Gasteiger partial charge in [0.25, 0.3) is 5.91 Å². The van der Waals surface area contributed by atoms with E-state index in [4.69, 9.17) is 5.11 Å². The molecule has 0 unspecified atom stereocenters. The predicted molar refractivity (Wildman–Crippen MR) is 180 cm³/mol. The van der Waals surface area contributed by atoms with Gasteiger partial charge in [-0.15, -0.1) is 0 Å². The van der Waals surface area contributed by atoms with Gasteiger partial charge in [-0.25, -0.2) is 4.79 Å². The van der Waals surface area contributed by atoms with Crippen LogP contribution in [-0.4, -0.2) is 45.9 Å². The summed E-state index contributed by atoms with van der Waals surface area (Å²) in [6.45, 7) is 2.25. The average molecular weight is 638 g/mol. The highest BCUT2D eigenvalue weighted by atomic mass is 16.4. The van der Waals surface area contributed by atoms with E-state index >= 15 is 0 Å². The summed E-state index contributed by atoms with van der Waals surface area (Å²) in [6, 6.07) is 10.2. The van der Waals surface area contributed by atoms with Crippen molar-refractivity contribution in [1.82, 2.24) is 5.32 Å². The Morgan fingerprint density at radius 2 is 1.17 bits per heavy atom. The highest BCUT2D eigenvalue weighted by molar-refractivity contribution is 6.03. The lowest BCUT2D eigenvalue weighted by molar-refractivity contribution is -0.139. The number of carbonyl (C=O) groups is 5. The minimum absolute atomic E-state index is 0.0568. The summed E-state index contributed by atoms with van der Waals surface area (Å²) in [7, 11) is 0. The standard InChI is InChI=1S/C36H51N3O7/c1-2-3-4-5-6-7-8-9-10-11-12-13-14-15-16-20-32(40)37-29-23-21-27(22-24-29)34(43)39-31(26-33(41)42)35(44)38-30-19-17-18-28(25-30)36(45)46/h17-19,21-25,31H,2-16,20,26H2,1H3,(H,37,40)(H,38,44)(H,39,43)(H,41,42)(H,45,46)/t31-/m1/s1. The number of rotatable bonds is 24. The van der Waals surface area contributed by atoms with Crippen LogP contribution < -0.4 is 16.0 Å². The topological polar surface area (TPSA) is 162 Å². The second kappa shape index (κ2) is 22.3. The molecule has 0 aliphatic rings. The molecule has 2 rings (SSSR count). The summed E-state index contributed by atoms with van der Waals surface area (Å²) in [5.41, 5.74) is 0.801. The van der Waals surface area contributed by atoms with E-state index in [-0.39, 0.29) is 22.7 Å². The molecule has 10 heteroatoms. The molecule has 3 amide bonds. The molecule has 0 aromatic heterocycles. The first-order valence-electron chi connectivity index (χ1n) is 16.8. The highest BCUT2D eigenvalue weighted by Gasteiger charge is 2.25. The number of anilines is 2.